The first-order chi connectivity index (χ1) is 9.00. The van der Waals surface area contributed by atoms with Crippen LogP contribution < -0.4 is 10.6 Å². The number of carbonyl (C=O) groups is 2. The third kappa shape index (κ3) is 5.94. The Kier molecular flexibility index (Phi) is 6.67. The summed E-state index contributed by atoms with van der Waals surface area (Å²) in [6.45, 7) is 4.27. The van der Waals surface area contributed by atoms with Crippen LogP contribution in [0.3, 0.4) is 0 Å². The maximum Gasteiger partial charge on any atom is 0.315 e. The zero-order valence-electron chi connectivity index (χ0n) is 11.9. The molecule has 5 nitrogen and oxygen atoms in total. The van der Waals surface area contributed by atoms with E-state index in [2.05, 4.69) is 17.6 Å². The molecular formula is C14H26N2O3. The van der Waals surface area contributed by atoms with Crippen LogP contribution in [-0.2, 0) is 4.79 Å². The molecule has 19 heavy (non-hydrogen) atoms. The molecule has 0 aromatic carbocycles. The molecule has 0 aromatic heterocycles. The Hall–Kier alpha value is -1.26. The van der Waals surface area contributed by atoms with Crippen LogP contribution >= 0.6 is 0 Å². The van der Waals surface area contributed by atoms with E-state index in [-0.39, 0.29) is 18.0 Å². The van der Waals surface area contributed by atoms with Gasteiger partial charge in [-0.1, -0.05) is 19.8 Å². The topological polar surface area (TPSA) is 78.4 Å². The molecule has 0 spiro atoms. The molecule has 1 aliphatic carbocycles. The van der Waals surface area contributed by atoms with Crippen molar-refractivity contribution in [3.05, 3.63) is 0 Å². The first-order valence-corrected chi connectivity index (χ1v) is 7.28. The van der Waals surface area contributed by atoms with E-state index in [9.17, 15) is 9.59 Å². The van der Waals surface area contributed by atoms with E-state index in [4.69, 9.17) is 5.11 Å². The number of urea groups is 1. The van der Waals surface area contributed by atoms with Gasteiger partial charge in [0.1, 0.15) is 0 Å². The number of hydrogen-bond acceptors (Lipinski definition) is 2. The van der Waals surface area contributed by atoms with Gasteiger partial charge in [0.15, 0.2) is 0 Å². The SMILES string of the molecule is CC(CCCNC(=O)NC(C)C1CCCC1)C(=O)O. The fourth-order valence-electron chi connectivity index (χ4n) is 2.57. The van der Waals surface area contributed by atoms with E-state index < -0.39 is 5.97 Å². The Morgan fingerprint density at radius 1 is 1.26 bits per heavy atom. The Morgan fingerprint density at radius 2 is 1.89 bits per heavy atom. The Bertz CT molecular complexity index is 301. The van der Waals surface area contributed by atoms with Crippen LogP contribution in [0.25, 0.3) is 0 Å². The number of rotatable bonds is 7. The minimum Gasteiger partial charge on any atom is -0.481 e. The molecule has 0 aromatic rings. The van der Waals surface area contributed by atoms with Gasteiger partial charge >= 0.3 is 12.0 Å². The van der Waals surface area contributed by atoms with Crippen molar-refractivity contribution in [3.63, 3.8) is 0 Å². The minimum absolute atomic E-state index is 0.137. The second-order valence-electron chi connectivity index (χ2n) is 5.61. The summed E-state index contributed by atoms with van der Waals surface area (Å²) in [5.41, 5.74) is 0. The lowest BCUT2D eigenvalue weighted by molar-refractivity contribution is -0.141. The molecule has 3 N–H and O–H groups in total. The van der Waals surface area contributed by atoms with Gasteiger partial charge in [-0.3, -0.25) is 4.79 Å². The average Bonchev–Trinajstić information content (AvgIpc) is 2.87. The summed E-state index contributed by atoms with van der Waals surface area (Å²) in [5.74, 6) is -0.514. The smallest absolute Gasteiger partial charge is 0.315 e. The van der Waals surface area contributed by atoms with Crippen LogP contribution in [0.1, 0.15) is 52.4 Å². The lowest BCUT2D eigenvalue weighted by atomic mass is 10.0. The normalized spacial score (nSPS) is 18.8. The van der Waals surface area contributed by atoms with Gasteiger partial charge in [0.2, 0.25) is 0 Å². The fraction of sp³-hybridized carbons (Fsp3) is 0.857. The Labute approximate surface area is 115 Å². The molecule has 0 aliphatic heterocycles. The van der Waals surface area contributed by atoms with Crippen LogP contribution in [0.4, 0.5) is 4.79 Å². The van der Waals surface area contributed by atoms with Crippen LogP contribution in [0.2, 0.25) is 0 Å². The highest BCUT2D eigenvalue weighted by molar-refractivity contribution is 5.74. The lowest BCUT2D eigenvalue weighted by Crippen LogP contribution is -2.43. The molecule has 0 radical (unpaired) electrons. The zero-order valence-corrected chi connectivity index (χ0v) is 11.9. The maximum atomic E-state index is 11.7. The number of hydrogen-bond donors (Lipinski definition) is 3. The third-order valence-corrected chi connectivity index (χ3v) is 3.99. The molecule has 1 rings (SSSR count). The molecule has 5 heteroatoms. The summed E-state index contributed by atoms with van der Waals surface area (Å²) in [6, 6.07) is 0.0859. The number of carboxylic acids is 1. The molecule has 2 unspecified atom stereocenters. The van der Waals surface area contributed by atoms with Gasteiger partial charge < -0.3 is 15.7 Å². The molecule has 0 bridgehead atoms. The molecular weight excluding hydrogens is 244 g/mol. The zero-order chi connectivity index (χ0) is 14.3. The summed E-state index contributed by atoms with van der Waals surface area (Å²) in [4.78, 5) is 22.3. The van der Waals surface area contributed by atoms with E-state index in [1.165, 1.54) is 25.7 Å². The second-order valence-corrected chi connectivity index (χ2v) is 5.61. The predicted molar refractivity (Wildman–Crippen MR) is 74.0 cm³/mol. The molecule has 0 heterocycles. The fourth-order valence-corrected chi connectivity index (χ4v) is 2.57. The summed E-state index contributed by atoms with van der Waals surface area (Å²) in [5, 5.41) is 14.5. The monoisotopic (exact) mass is 270 g/mol. The number of amides is 2. The molecule has 2 atom stereocenters. The highest BCUT2D eigenvalue weighted by Crippen LogP contribution is 2.27. The highest BCUT2D eigenvalue weighted by Gasteiger charge is 2.22. The maximum absolute atomic E-state index is 11.7. The molecule has 1 saturated carbocycles. The van der Waals surface area contributed by atoms with E-state index in [1.54, 1.807) is 6.92 Å². The predicted octanol–water partition coefficient (Wildman–Crippen LogP) is 2.37. The largest absolute Gasteiger partial charge is 0.481 e. The highest BCUT2D eigenvalue weighted by atomic mass is 16.4. The standard InChI is InChI=1S/C14H26N2O3/c1-10(13(17)18)6-5-9-15-14(19)16-11(2)12-7-3-4-8-12/h10-12H,3-9H2,1-2H3,(H,17,18)(H2,15,16,19). The van der Waals surface area contributed by atoms with Crippen molar-refractivity contribution in [1.29, 1.82) is 0 Å². The number of nitrogens with one attached hydrogen (secondary N) is 2. The van der Waals surface area contributed by atoms with E-state index in [0.29, 0.717) is 25.3 Å². The average molecular weight is 270 g/mol. The summed E-state index contributed by atoms with van der Waals surface area (Å²) < 4.78 is 0. The number of aliphatic carboxylic acids is 1. The van der Waals surface area contributed by atoms with Crippen molar-refractivity contribution in [3.8, 4) is 0 Å². The number of carbonyl (C=O) groups excluding carboxylic acids is 1. The van der Waals surface area contributed by atoms with Crippen LogP contribution in [-0.4, -0.2) is 29.7 Å². The van der Waals surface area contributed by atoms with Gasteiger partial charge in [-0.05, 0) is 38.5 Å². The molecule has 1 aliphatic rings. The first-order valence-electron chi connectivity index (χ1n) is 7.28. The van der Waals surface area contributed by atoms with Crippen LogP contribution in [0.15, 0.2) is 0 Å². The van der Waals surface area contributed by atoms with Gasteiger partial charge in [-0.25, -0.2) is 4.79 Å². The van der Waals surface area contributed by atoms with Crippen molar-refractivity contribution in [2.45, 2.75) is 58.4 Å². The van der Waals surface area contributed by atoms with Gasteiger partial charge in [0.05, 0.1) is 5.92 Å². The summed E-state index contributed by atoms with van der Waals surface area (Å²) in [7, 11) is 0. The van der Waals surface area contributed by atoms with Gasteiger partial charge in [0.25, 0.3) is 0 Å². The summed E-state index contributed by atoms with van der Waals surface area (Å²) in [6.07, 6.45) is 6.23. The second kappa shape index (κ2) is 8.02. The van der Waals surface area contributed by atoms with Crippen molar-refractivity contribution >= 4 is 12.0 Å². The lowest BCUT2D eigenvalue weighted by Gasteiger charge is -2.20. The minimum atomic E-state index is -0.778. The Morgan fingerprint density at radius 3 is 2.47 bits per heavy atom. The molecule has 1 fully saturated rings. The van der Waals surface area contributed by atoms with E-state index in [1.807, 2.05) is 0 Å². The molecule has 0 saturated heterocycles. The molecule has 2 amide bonds. The van der Waals surface area contributed by atoms with Gasteiger partial charge in [-0.2, -0.15) is 0 Å². The van der Waals surface area contributed by atoms with Crippen LogP contribution in [0.5, 0.6) is 0 Å². The van der Waals surface area contributed by atoms with Crippen molar-refractivity contribution in [2.75, 3.05) is 6.54 Å². The van der Waals surface area contributed by atoms with Gasteiger partial charge in [-0.15, -0.1) is 0 Å². The molecule has 110 valence electrons. The van der Waals surface area contributed by atoms with E-state index in [0.717, 1.165) is 0 Å². The quantitative estimate of drug-likeness (QED) is 0.621. The van der Waals surface area contributed by atoms with E-state index >= 15 is 0 Å². The van der Waals surface area contributed by atoms with Gasteiger partial charge in [0, 0.05) is 12.6 Å². The van der Waals surface area contributed by atoms with Crippen molar-refractivity contribution in [2.24, 2.45) is 11.8 Å². The number of carboxylic acid groups (broad SMARTS) is 1. The van der Waals surface area contributed by atoms with Crippen molar-refractivity contribution in [1.82, 2.24) is 10.6 Å². The van der Waals surface area contributed by atoms with Crippen molar-refractivity contribution < 1.29 is 14.7 Å². The first kappa shape index (κ1) is 15.8. The summed E-state index contributed by atoms with van der Waals surface area (Å²) >= 11 is 0. The van der Waals surface area contributed by atoms with Crippen LogP contribution in [0, 0.1) is 11.8 Å². The third-order valence-electron chi connectivity index (χ3n) is 3.99. The Balaban J connectivity index is 2.09.